The lowest BCUT2D eigenvalue weighted by Gasteiger charge is -2.18. The molecule has 0 spiro atoms. The van der Waals surface area contributed by atoms with Crippen LogP contribution < -0.4 is 5.32 Å². The Bertz CT molecular complexity index is 387. The highest BCUT2D eigenvalue weighted by atomic mass is 35.5. The summed E-state index contributed by atoms with van der Waals surface area (Å²) in [5.74, 6) is 0.755. The van der Waals surface area contributed by atoms with Gasteiger partial charge in [-0.1, -0.05) is 56.3 Å². The lowest BCUT2D eigenvalue weighted by atomic mass is 9.93. The van der Waals surface area contributed by atoms with Gasteiger partial charge in [0.2, 0.25) is 0 Å². The zero-order valence-corrected chi connectivity index (χ0v) is 13.5. The van der Waals surface area contributed by atoms with E-state index in [1.165, 1.54) is 57.1 Å². The van der Waals surface area contributed by atoms with Crippen LogP contribution >= 0.6 is 11.6 Å². The number of halogens is 1. The SMILES string of the molecule is CCCCCCC(CNC1CC1)Cc1cccc(Cl)c1. The molecule has 0 bridgehead atoms. The average Bonchev–Trinajstić information content (AvgIpc) is 3.25. The van der Waals surface area contributed by atoms with E-state index in [-0.39, 0.29) is 0 Å². The molecule has 1 unspecified atom stereocenters. The van der Waals surface area contributed by atoms with Gasteiger partial charge in [0.25, 0.3) is 0 Å². The Morgan fingerprint density at radius 1 is 1.25 bits per heavy atom. The smallest absolute Gasteiger partial charge is 0.0408 e. The predicted octanol–water partition coefficient (Wildman–Crippen LogP) is 5.22. The van der Waals surface area contributed by atoms with Gasteiger partial charge in [-0.2, -0.15) is 0 Å². The second-order valence-corrected chi connectivity index (χ2v) is 6.67. The summed E-state index contributed by atoms with van der Waals surface area (Å²) in [5.41, 5.74) is 1.38. The molecule has 1 atom stereocenters. The fourth-order valence-corrected chi connectivity index (χ4v) is 2.97. The van der Waals surface area contributed by atoms with E-state index in [4.69, 9.17) is 11.6 Å². The van der Waals surface area contributed by atoms with Gasteiger partial charge >= 0.3 is 0 Å². The van der Waals surface area contributed by atoms with Crippen molar-refractivity contribution in [3.05, 3.63) is 34.9 Å². The topological polar surface area (TPSA) is 12.0 Å². The van der Waals surface area contributed by atoms with Gasteiger partial charge in [-0.15, -0.1) is 0 Å². The Labute approximate surface area is 129 Å². The van der Waals surface area contributed by atoms with Crippen molar-refractivity contribution in [1.29, 1.82) is 0 Å². The minimum absolute atomic E-state index is 0.755. The summed E-state index contributed by atoms with van der Waals surface area (Å²) in [7, 11) is 0. The molecular weight excluding hydrogens is 266 g/mol. The van der Waals surface area contributed by atoms with E-state index in [9.17, 15) is 0 Å². The van der Waals surface area contributed by atoms with E-state index in [0.717, 1.165) is 23.4 Å². The maximum Gasteiger partial charge on any atom is 0.0408 e. The third-order valence-electron chi connectivity index (χ3n) is 4.15. The van der Waals surface area contributed by atoms with Gasteiger partial charge in [0.1, 0.15) is 0 Å². The quantitative estimate of drug-likeness (QED) is 0.583. The van der Waals surface area contributed by atoms with Crippen LogP contribution in [0.15, 0.2) is 24.3 Å². The lowest BCUT2D eigenvalue weighted by Crippen LogP contribution is -2.26. The van der Waals surface area contributed by atoms with Gasteiger partial charge in [0.05, 0.1) is 0 Å². The summed E-state index contributed by atoms with van der Waals surface area (Å²) in [4.78, 5) is 0. The fourth-order valence-electron chi connectivity index (χ4n) is 2.75. The minimum Gasteiger partial charge on any atom is -0.314 e. The molecule has 1 aromatic carbocycles. The van der Waals surface area contributed by atoms with Crippen LogP contribution in [0.3, 0.4) is 0 Å². The second kappa shape index (κ2) is 8.69. The first-order chi connectivity index (χ1) is 9.78. The van der Waals surface area contributed by atoms with Gasteiger partial charge in [0, 0.05) is 11.1 Å². The van der Waals surface area contributed by atoms with E-state index in [2.05, 4.69) is 30.4 Å². The van der Waals surface area contributed by atoms with Crippen LogP contribution in [0.25, 0.3) is 0 Å². The Morgan fingerprint density at radius 2 is 2.10 bits per heavy atom. The molecular formula is C18H28ClN. The van der Waals surface area contributed by atoms with Crippen molar-refractivity contribution in [3.63, 3.8) is 0 Å². The Hall–Kier alpha value is -0.530. The highest BCUT2D eigenvalue weighted by Crippen LogP contribution is 2.22. The molecule has 1 aliphatic rings. The Balaban J connectivity index is 1.80. The molecule has 0 aliphatic heterocycles. The van der Waals surface area contributed by atoms with Crippen LogP contribution in [0.2, 0.25) is 5.02 Å². The van der Waals surface area contributed by atoms with Crippen LogP contribution in [0.4, 0.5) is 0 Å². The van der Waals surface area contributed by atoms with Crippen molar-refractivity contribution in [1.82, 2.24) is 5.32 Å². The van der Waals surface area contributed by atoms with Crippen LogP contribution in [0.1, 0.15) is 57.4 Å². The Kier molecular flexibility index (Phi) is 6.89. The number of unbranched alkanes of at least 4 members (excludes halogenated alkanes) is 3. The molecule has 0 aromatic heterocycles. The maximum atomic E-state index is 6.10. The zero-order valence-electron chi connectivity index (χ0n) is 12.7. The molecule has 0 heterocycles. The van der Waals surface area contributed by atoms with Gasteiger partial charge in [0.15, 0.2) is 0 Å². The van der Waals surface area contributed by atoms with Gasteiger partial charge in [-0.05, 0) is 55.8 Å². The summed E-state index contributed by atoms with van der Waals surface area (Å²) in [6.45, 7) is 3.45. The molecule has 1 nitrogen and oxygen atoms in total. The molecule has 20 heavy (non-hydrogen) atoms. The molecule has 0 saturated heterocycles. The molecule has 112 valence electrons. The van der Waals surface area contributed by atoms with Crippen molar-refractivity contribution >= 4 is 11.6 Å². The first kappa shape index (κ1) is 15.9. The Morgan fingerprint density at radius 3 is 2.80 bits per heavy atom. The van der Waals surface area contributed by atoms with Crippen molar-refractivity contribution < 1.29 is 0 Å². The lowest BCUT2D eigenvalue weighted by molar-refractivity contribution is 0.420. The van der Waals surface area contributed by atoms with Crippen LogP contribution in [-0.4, -0.2) is 12.6 Å². The monoisotopic (exact) mass is 293 g/mol. The molecule has 0 amide bonds. The average molecular weight is 294 g/mol. The van der Waals surface area contributed by atoms with E-state index in [1.807, 2.05) is 6.07 Å². The third kappa shape index (κ3) is 6.28. The van der Waals surface area contributed by atoms with E-state index in [0.29, 0.717) is 0 Å². The number of benzene rings is 1. The molecule has 1 aliphatic carbocycles. The molecule has 1 N–H and O–H groups in total. The number of hydrogen-bond donors (Lipinski definition) is 1. The molecule has 2 heteroatoms. The zero-order chi connectivity index (χ0) is 14.2. The molecule has 0 radical (unpaired) electrons. The van der Waals surface area contributed by atoms with Crippen molar-refractivity contribution in [2.24, 2.45) is 5.92 Å². The normalized spacial score (nSPS) is 16.3. The minimum atomic E-state index is 0.755. The maximum absolute atomic E-state index is 6.10. The van der Waals surface area contributed by atoms with Gasteiger partial charge in [-0.25, -0.2) is 0 Å². The van der Waals surface area contributed by atoms with E-state index < -0.39 is 0 Å². The standard InChI is InChI=1S/C18H28ClN/c1-2-3-4-5-7-16(14-20-18-10-11-18)12-15-8-6-9-17(19)13-15/h6,8-9,13,16,18,20H,2-5,7,10-12,14H2,1H3. The largest absolute Gasteiger partial charge is 0.314 e. The number of hydrogen-bond acceptors (Lipinski definition) is 1. The molecule has 1 fully saturated rings. The van der Waals surface area contributed by atoms with Crippen molar-refractivity contribution in [2.45, 2.75) is 64.3 Å². The van der Waals surface area contributed by atoms with Crippen LogP contribution in [-0.2, 0) is 6.42 Å². The van der Waals surface area contributed by atoms with E-state index >= 15 is 0 Å². The summed E-state index contributed by atoms with van der Waals surface area (Å²) < 4.78 is 0. The highest BCUT2D eigenvalue weighted by molar-refractivity contribution is 6.30. The number of nitrogens with one attached hydrogen (secondary N) is 1. The van der Waals surface area contributed by atoms with Gasteiger partial charge in [-0.3, -0.25) is 0 Å². The van der Waals surface area contributed by atoms with Crippen LogP contribution in [0, 0.1) is 5.92 Å². The summed E-state index contributed by atoms with van der Waals surface area (Å²) in [6.07, 6.45) is 10.7. The third-order valence-corrected chi connectivity index (χ3v) is 4.39. The molecule has 2 rings (SSSR count). The molecule has 1 saturated carbocycles. The van der Waals surface area contributed by atoms with Crippen molar-refractivity contribution in [2.75, 3.05) is 6.54 Å². The van der Waals surface area contributed by atoms with Crippen molar-refractivity contribution in [3.8, 4) is 0 Å². The summed E-state index contributed by atoms with van der Waals surface area (Å²) in [5, 5.41) is 4.56. The fraction of sp³-hybridized carbons (Fsp3) is 0.667. The number of rotatable bonds is 10. The predicted molar refractivity (Wildman–Crippen MR) is 88.4 cm³/mol. The van der Waals surface area contributed by atoms with Crippen LogP contribution in [0.5, 0.6) is 0 Å². The highest BCUT2D eigenvalue weighted by Gasteiger charge is 2.21. The summed E-state index contributed by atoms with van der Waals surface area (Å²) >= 11 is 6.10. The first-order valence-corrected chi connectivity index (χ1v) is 8.63. The second-order valence-electron chi connectivity index (χ2n) is 6.23. The van der Waals surface area contributed by atoms with Gasteiger partial charge < -0.3 is 5.32 Å². The first-order valence-electron chi connectivity index (χ1n) is 8.25. The molecule has 1 aromatic rings. The van der Waals surface area contributed by atoms with E-state index in [1.54, 1.807) is 0 Å². The summed E-state index contributed by atoms with van der Waals surface area (Å²) in [6, 6.07) is 9.18.